The van der Waals surface area contributed by atoms with Crippen molar-refractivity contribution in [3.63, 3.8) is 0 Å². The van der Waals surface area contributed by atoms with E-state index in [4.69, 9.17) is 17.0 Å². The van der Waals surface area contributed by atoms with Crippen LogP contribution < -0.4 is 15.4 Å². The van der Waals surface area contributed by atoms with Crippen LogP contribution in [0.15, 0.2) is 54.6 Å². The van der Waals surface area contributed by atoms with E-state index in [1.165, 1.54) is 0 Å². The summed E-state index contributed by atoms with van der Waals surface area (Å²) in [6.45, 7) is 2.24. The minimum Gasteiger partial charge on any atom is -0.487 e. The van der Waals surface area contributed by atoms with Gasteiger partial charge in [0, 0.05) is 6.42 Å². The molecule has 2 aromatic rings. The number of ether oxygens (including phenoxy) is 1. The molecule has 0 spiro atoms. The van der Waals surface area contributed by atoms with Gasteiger partial charge < -0.3 is 15.4 Å². The molecule has 0 aliphatic rings. The Morgan fingerprint density at radius 3 is 2.50 bits per heavy atom. The second-order valence-corrected chi connectivity index (χ2v) is 5.03. The summed E-state index contributed by atoms with van der Waals surface area (Å²) in [6, 6.07) is 17.4. The van der Waals surface area contributed by atoms with Crippen LogP contribution in [0, 0.1) is 0 Å². The van der Waals surface area contributed by atoms with Crippen molar-refractivity contribution >= 4 is 28.9 Å². The highest BCUT2D eigenvalue weighted by atomic mass is 32.1. The first-order chi connectivity index (χ1) is 10.7. The summed E-state index contributed by atoms with van der Waals surface area (Å²) < 4.78 is 5.82. The maximum Gasteiger partial charge on any atom is 0.225 e. The monoisotopic (exact) mass is 314 g/mol. The fourth-order valence-electron chi connectivity index (χ4n) is 1.80. The first-order valence-electron chi connectivity index (χ1n) is 7.05. The van der Waals surface area contributed by atoms with Crippen LogP contribution in [0.5, 0.6) is 5.75 Å². The normalized spacial score (nSPS) is 9.86. The van der Waals surface area contributed by atoms with Crippen molar-refractivity contribution in [1.82, 2.24) is 5.32 Å². The number of nitrogens with one attached hydrogen (secondary N) is 2. The van der Waals surface area contributed by atoms with Crippen molar-refractivity contribution in [2.75, 3.05) is 5.32 Å². The van der Waals surface area contributed by atoms with Crippen LogP contribution in [0.1, 0.15) is 18.9 Å². The van der Waals surface area contributed by atoms with Gasteiger partial charge in [0.1, 0.15) is 12.4 Å². The highest BCUT2D eigenvalue weighted by molar-refractivity contribution is 7.80. The second-order valence-electron chi connectivity index (χ2n) is 4.63. The number of hydrogen-bond donors (Lipinski definition) is 2. The molecule has 0 saturated heterocycles. The van der Waals surface area contributed by atoms with E-state index in [-0.39, 0.29) is 11.0 Å². The highest BCUT2D eigenvalue weighted by Gasteiger charge is 2.07. The standard InChI is InChI=1S/C17H18N2O2S/c1-2-16(20)19-17(22)18-14-10-6-7-11-15(14)21-12-13-8-4-3-5-9-13/h3-11H,2,12H2,1H3,(H2,18,19,20,22). The van der Waals surface area contributed by atoms with Crippen molar-refractivity contribution < 1.29 is 9.53 Å². The fourth-order valence-corrected chi connectivity index (χ4v) is 2.02. The van der Waals surface area contributed by atoms with Crippen LogP contribution >= 0.6 is 12.2 Å². The lowest BCUT2D eigenvalue weighted by atomic mass is 10.2. The van der Waals surface area contributed by atoms with E-state index in [1.54, 1.807) is 6.92 Å². The van der Waals surface area contributed by atoms with E-state index in [9.17, 15) is 4.79 Å². The quantitative estimate of drug-likeness (QED) is 0.830. The topological polar surface area (TPSA) is 50.4 Å². The molecule has 22 heavy (non-hydrogen) atoms. The molecule has 0 saturated carbocycles. The predicted octanol–water partition coefficient (Wildman–Crippen LogP) is 3.49. The van der Waals surface area contributed by atoms with Crippen molar-refractivity contribution in [3.8, 4) is 5.75 Å². The highest BCUT2D eigenvalue weighted by Crippen LogP contribution is 2.24. The third kappa shape index (κ3) is 4.86. The number of para-hydroxylation sites is 2. The van der Waals surface area contributed by atoms with Gasteiger partial charge >= 0.3 is 0 Å². The molecule has 0 bridgehead atoms. The van der Waals surface area contributed by atoms with Crippen LogP contribution in [-0.4, -0.2) is 11.0 Å². The maximum absolute atomic E-state index is 11.3. The van der Waals surface area contributed by atoms with Crippen molar-refractivity contribution in [1.29, 1.82) is 0 Å². The number of carbonyl (C=O) groups is 1. The third-order valence-corrected chi connectivity index (χ3v) is 3.15. The molecule has 2 aromatic carbocycles. The van der Waals surface area contributed by atoms with Gasteiger partial charge in [-0.05, 0) is 29.9 Å². The van der Waals surface area contributed by atoms with Crippen molar-refractivity contribution in [2.24, 2.45) is 0 Å². The van der Waals surface area contributed by atoms with E-state index in [0.29, 0.717) is 18.8 Å². The van der Waals surface area contributed by atoms with Crippen molar-refractivity contribution in [2.45, 2.75) is 20.0 Å². The molecule has 0 heterocycles. The lowest BCUT2D eigenvalue weighted by Gasteiger charge is -2.14. The minimum atomic E-state index is -0.125. The number of anilines is 1. The SMILES string of the molecule is CCC(=O)NC(=S)Nc1ccccc1OCc1ccccc1. The zero-order chi connectivity index (χ0) is 15.8. The lowest BCUT2D eigenvalue weighted by molar-refractivity contribution is -0.119. The summed E-state index contributed by atoms with van der Waals surface area (Å²) in [7, 11) is 0. The Hall–Kier alpha value is -2.40. The molecule has 0 radical (unpaired) electrons. The number of benzene rings is 2. The number of amides is 1. The van der Waals surface area contributed by atoms with E-state index in [0.717, 1.165) is 11.3 Å². The molecule has 5 heteroatoms. The first-order valence-corrected chi connectivity index (χ1v) is 7.46. The summed E-state index contributed by atoms with van der Waals surface area (Å²) in [5.74, 6) is 0.555. The summed E-state index contributed by atoms with van der Waals surface area (Å²) >= 11 is 5.12. The summed E-state index contributed by atoms with van der Waals surface area (Å²) in [6.07, 6.45) is 0.383. The van der Waals surface area contributed by atoms with Crippen molar-refractivity contribution in [3.05, 3.63) is 60.2 Å². The fraction of sp³-hybridized carbons (Fsp3) is 0.176. The number of thiocarbonyl (C=S) groups is 1. The van der Waals surface area contributed by atoms with E-state index >= 15 is 0 Å². The van der Waals surface area contributed by atoms with Gasteiger partial charge in [0.05, 0.1) is 5.69 Å². The Balaban J connectivity index is 2.00. The largest absolute Gasteiger partial charge is 0.487 e. The molecule has 0 unspecified atom stereocenters. The lowest BCUT2D eigenvalue weighted by Crippen LogP contribution is -2.33. The molecule has 114 valence electrons. The van der Waals surface area contributed by atoms with E-state index in [2.05, 4.69) is 10.6 Å². The number of carbonyl (C=O) groups excluding carboxylic acids is 1. The molecule has 0 aliphatic heterocycles. The molecular weight excluding hydrogens is 296 g/mol. The Morgan fingerprint density at radius 2 is 1.77 bits per heavy atom. The maximum atomic E-state index is 11.3. The Labute approximate surface area is 135 Å². The van der Waals surface area contributed by atoms with Crippen LogP contribution in [-0.2, 0) is 11.4 Å². The molecule has 2 rings (SSSR count). The van der Waals surface area contributed by atoms with Gasteiger partial charge in [0.15, 0.2) is 5.11 Å². The third-order valence-electron chi connectivity index (χ3n) is 2.95. The molecule has 0 aromatic heterocycles. The van der Waals surface area contributed by atoms with Gasteiger partial charge in [-0.2, -0.15) is 0 Å². The molecule has 2 N–H and O–H groups in total. The van der Waals surface area contributed by atoms with Crippen LogP contribution in [0.3, 0.4) is 0 Å². The first kappa shape index (κ1) is 16.0. The van der Waals surface area contributed by atoms with Gasteiger partial charge in [0.2, 0.25) is 5.91 Å². The van der Waals surface area contributed by atoms with E-state index < -0.39 is 0 Å². The van der Waals surface area contributed by atoms with Gasteiger partial charge in [-0.15, -0.1) is 0 Å². The minimum absolute atomic E-state index is 0.125. The Kier molecular flexibility index (Phi) is 5.91. The van der Waals surface area contributed by atoms with E-state index in [1.807, 2.05) is 54.6 Å². The van der Waals surface area contributed by atoms with Crippen LogP contribution in [0.25, 0.3) is 0 Å². The molecule has 0 fully saturated rings. The molecule has 0 aliphatic carbocycles. The predicted molar refractivity (Wildman–Crippen MR) is 91.9 cm³/mol. The number of hydrogen-bond acceptors (Lipinski definition) is 3. The van der Waals surface area contributed by atoms with Gasteiger partial charge in [0.25, 0.3) is 0 Å². The zero-order valence-corrected chi connectivity index (χ0v) is 13.2. The van der Waals surface area contributed by atoms with Crippen LogP contribution in [0.4, 0.5) is 5.69 Å². The number of rotatable bonds is 5. The molecule has 1 amide bonds. The average molecular weight is 314 g/mol. The molecule has 0 atom stereocenters. The smallest absolute Gasteiger partial charge is 0.225 e. The summed E-state index contributed by atoms with van der Waals surface area (Å²) in [5, 5.41) is 5.86. The van der Waals surface area contributed by atoms with Gasteiger partial charge in [-0.1, -0.05) is 49.4 Å². The molecule has 4 nitrogen and oxygen atoms in total. The Morgan fingerprint density at radius 1 is 1.09 bits per heavy atom. The summed E-state index contributed by atoms with van der Waals surface area (Å²) in [5.41, 5.74) is 1.80. The van der Waals surface area contributed by atoms with Gasteiger partial charge in [-0.25, -0.2) is 0 Å². The zero-order valence-electron chi connectivity index (χ0n) is 12.3. The second kappa shape index (κ2) is 8.14. The Bertz CT molecular complexity index is 644. The van der Waals surface area contributed by atoms with Crippen LogP contribution in [0.2, 0.25) is 0 Å². The summed E-state index contributed by atoms with van der Waals surface area (Å²) in [4.78, 5) is 11.3. The average Bonchev–Trinajstić information content (AvgIpc) is 2.54. The molecular formula is C17H18N2O2S. The van der Waals surface area contributed by atoms with Gasteiger partial charge in [-0.3, -0.25) is 4.79 Å².